The third-order valence-electron chi connectivity index (χ3n) is 4.71. The average molecular weight is 405 g/mol. The van der Waals surface area contributed by atoms with Crippen molar-refractivity contribution in [3.8, 4) is 0 Å². The maximum absolute atomic E-state index is 14.2. The summed E-state index contributed by atoms with van der Waals surface area (Å²) < 4.78 is 14.2. The van der Waals surface area contributed by atoms with E-state index < -0.39 is 11.9 Å². The highest BCUT2D eigenvalue weighted by molar-refractivity contribution is 6.31. The summed E-state index contributed by atoms with van der Waals surface area (Å²) in [5, 5.41) is 3.02. The third-order valence-corrected chi connectivity index (χ3v) is 5.06. The second-order valence-corrected chi connectivity index (χ2v) is 7.20. The number of hydrogen-bond acceptors (Lipinski definition) is 2. The fraction of sp³-hybridized carbons (Fsp3) is 0.364. The quantitative estimate of drug-likeness (QED) is 0.714. The first kappa shape index (κ1) is 21.9. The Balaban J connectivity index is 2.29. The number of carbonyl (C=O) groups excluding carboxylic acids is 2. The van der Waals surface area contributed by atoms with E-state index in [2.05, 4.69) is 5.32 Å². The molecule has 2 aromatic carbocycles. The van der Waals surface area contributed by atoms with Gasteiger partial charge in [-0.1, -0.05) is 48.9 Å². The van der Waals surface area contributed by atoms with Crippen LogP contribution in [0.3, 0.4) is 0 Å². The molecule has 2 rings (SSSR count). The Bertz CT molecular complexity index is 821. The topological polar surface area (TPSA) is 49.4 Å². The number of nitrogens with one attached hydrogen (secondary N) is 1. The van der Waals surface area contributed by atoms with E-state index >= 15 is 0 Å². The zero-order valence-electron chi connectivity index (χ0n) is 16.5. The molecule has 0 aliphatic heterocycles. The number of hydrogen-bond donors (Lipinski definition) is 1. The van der Waals surface area contributed by atoms with Crippen LogP contribution < -0.4 is 5.32 Å². The molecule has 2 amide bonds. The molecule has 0 heterocycles. The van der Waals surface area contributed by atoms with Gasteiger partial charge in [0.25, 0.3) is 0 Å². The van der Waals surface area contributed by atoms with Gasteiger partial charge in [0.1, 0.15) is 11.9 Å². The molecule has 0 aliphatic carbocycles. The Kier molecular flexibility index (Phi) is 8.00. The minimum Gasteiger partial charge on any atom is -0.354 e. The highest BCUT2D eigenvalue weighted by Gasteiger charge is 2.27. The van der Waals surface area contributed by atoms with Gasteiger partial charge in [-0.2, -0.15) is 0 Å². The van der Waals surface area contributed by atoms with Gasteiger partial charge in [0.2, 0.25) is 11.8 Å². The van der Waals surface area contributed by atoms with Crippen molar-refractivity contribution < 1.29 is 14.0 Å². The monoisotopic (exact) mass is 404 g/mol. The van der Waals surface area contributed by atoms with Gasteiger partial charge in [0.05, 0.1) is 6.42 Å². The van der Waals surface area contributed by atoms with Crippen LogP contribution in [0.5, 0.6) is 0 Å². The maximum atomic E-state index is 14.2. The zero-order chi connectivity index (χ0) is 20.7. The molecule has 0 aromatic heterocycles. The van der Waals surface area contributed by atoms with Crippen LogP contribution >= 0.6 is 11.6 Å². The Morgan fingerprint density at radius 1 is 1.18 bits per heavy atom. The fourth-order valence-electron chi connectivity index (χ4n) is 2.90. The lowest BCUT2D eigenvalue weighted by Crippen LogP contribution is -2.48. The molecule has 0 radical (unpaired) electrons. The smallest absolute Gasteiger partial charge is 0.242 e. The molecule has 0 saturated carbocycles. The first-order valence-electron chi connectivity index (χ1n) is 9.39. The van der Waals surface area contributed by atoms with Gasteiger partial charge in [-0.15, -0.1) is 0 Å². The maximum Gasteiger partial charge on any atom is 0.242 e. The SMILES string of the molecule is CCCNC(=O)[C@H](C)N(Cc1ccccc1C)C(=O)Cc1c(F)cccc1Cl. The minimum atomic E-state index is -0.691. The lowest BCUT2D eigenvalue weighted by Gasteiger charge is -2.29. The van der Waals surface area contributed by atoms with Gasteiger partial charge >= 0.3 is 0 Å². The van der Waals surface area contributed by atoms with E-state index in [9.17, 15) is 14.0 Å². The highest BCUT2D eigenvalue weighted by Crippen LogP contribution is 2.22. The largest absolute Gasteiger partial charge is 0.354 e. The molecule has 0 saturated heterocycles. The lowest BCUT2D eigenvalue weighted by molar-refractivity contribution is -0.140. The summed E-state index contributed by atoms with van der Waals surface area (Å²) in [6.07, 6.45) is 0.595. The van der Waals surface area contributed by atoms with Crippen LogP contribution in [0.2, 0.25) is 5.02 Å². The summed E-state index contributed by atoms with van der Waals surface area (Å²) in [4.78, 5) is 27.1. The van der Waals surface area contributed by atoms with E-state index in [0.717, 1.165) is 17.5 Å². The molecule has 0 aliphatic rings. The van der Waals surface area contributed by atoms with E-state index in [-0.39, 0.29) is 35.4 Å². The highest BCUT2D eigenvalue weighted by atomic mass is 35.5. The van der Waals surface area contributed by atoms with Crippen molar-refractivity contribution in [3.05, 3.63) is 70.0 Å². The molecule has 0 unspecified atom stereocenters. The number of aryl methyl sites for hydroxylation is 1. The summed E-state index contributed by atoms with van der Waals surface area (Å²) in [6.45, 7) is 6.39. The van der Waals surface area contributed by atoms with E-state index in [1.54, 1.807) is 13.0 Å². The van der Waals surface area contributed by atoms with Crippen molar-refractivity contribution in [1.82, 2.24) is 10.2 Å². The second kappa shape index (κ2) is 10.2. The zero-order valence-corrected chi connectivity index (χ0v) is 17.2. The standard InChI is InChI=1S/C22H26ClFN2O2/c1-4-12-25-22(28)16(3)26(14-17-9-6-5-8-15(17)2)21(27)13-18-19(23)10-7-11-20(18)24/h5-11,16H,4,12-14H2,1-3H3,(H,25,28)/t16-/m0/s1. The van der Waals surface area contributed by atoms with Crippen molar-refractivity contribution in [2.24, 2.45) is 0 Å². The fourth-order valence-corrected chi connectivity index (χ4v) is 3.13. The van der Waals surface area contributed by atoms with Crippen molar-refractivity contribution in [2.75, 3.05) is 6.54 Å². The van der Waals surface area contributed by atoms with Crippen LogP contribution in [-0.2, 0) is 22.6 Å². The lowest BCUT2D eigenvalue weighted by atomic mass is 10.1. The molecule has 2 aromatic rings. The first-order valence-corrected chi connectivity index (χ1v) is 9.77. The molecule has 4 nitrogen and oxygen atoms in total. The molecular formula is C22H26ClFN2O2. The Hall–Kier alpha value is -2.40. The van der Waals surface area contributed by atoms with Crippen LogP contribution in [0.25, 0.3) is 0 Å². The number of benzene rings is 2. The summed E-state index contributed by atoms with van der Waals surface area (Å²) in [5.74, 6) is -1.11. The molecule has 6 heteroatoms. The molecule has 1 N–H and O–H groups in total. The summed E-state index contributed by atoms with van der Waals surface area (Å²) in [6, 6.07) is 11.3. The second-order valence-electron chi connectivity index (χ2n) is 6.79. The van der Waals surface area contributed by atoms with Crippen LogP contribution in [0.15, 0.2) is 42.5 Å². The Morgan fingerprint density at radius 2 is 1.89 bits per heavy atom. The van der Waals surface area contributed by atoms with Gasteiger partial charge in [0.15, 0.2) is 0 Å². The predicted octanol–water partition coefficient (Wildman–Crippen LogP) is 4.27. The van der Waals surface area contributed by atoms with Crippen molar-refractivity contribution >= 4 is 23.4 Å². The van der Waals surface area contributed by atoms with Crippen LogP contribution in [0, 0.1) is 12.7 Å². The van der Waals surface area contributed by atoms with E-state index in [0.29, 0.717) is 6.54 Å². The first-order chi connectivity index (χ1) is 13.3. The molecule has 0 fully saturated rings. The van der Waals surface area contributed by atoms with E-state index in [4.69, 9.17) is 11.6 Å². The van der Waals surface area contributed by atoms with Crippen molar-refractivity contribution in [3.63, 3.8) is 0 Å². The van der Waals surface area contributed by atoms with Gasteiger partial charge in [-0.25, -0.2) is 4.39 Å². The van der Waals surface area contributed by atoms with E-state index in [1.165, 1.54) is 17.0 Å². The molecular weight excluding hydrogens is 379 g/mol. The molecule has 1 atom stereocenters. The summed E-state index contributed by atoms with van der Waals surface area (Å²) >= 11 is 6.08. The third kappa shape index (κ3) is 5.55. The number of amides is 2. The number of rotatable bonds is 8. The predicted molar refractivity (Wildman–Crippen MR) is 110 cm³/mol. The minimum absolute atomic E-state index is 0.144. The van der Waals surface area contributed by atoms with Crippen LogP contribution in [-0.4, -0.2) is 29.3 Å². The Morgan fingerprint density at radius 3 is 2.54 bits per heavy atom. The molecule has 28 heavy (non-hydrogen) atoms. The number of nitrogens with zero attached hydrogens (tertiary/aromatic N) is 1. The average Bonchev–Trinajstić information content (AvgIpc) is 2.67. The number of halogens is 2. The van der Waals surface area contributed by atoms with E-state index in [1.807, 2.05) is 38.1 Å². The molecule has 0 spiro atoms. The van der Waals surface area contributed by atoms with Gasteiger partial charge < -0.3 is 10.2 Å². The van der Waals surface area contributed by atoms with Crippen molar-refractivity contribution in [1.29, 1.82) is 0 Å². The summed E-state index contributed by atoms with van der Waals surface area (Å²) in [7, 11) is 0. The van der Waals surface area contributed by atoms with Crippen LogP contribution in [0.1, 0.15) is 37.0 Å². The molecule has 150 valence electrons. The Labute approximate surface area is 170 Å². The van der Waals surface area contributed by atoms with Gasteiger partial charge in [0, 0.05) is 23.7 Å². The normalized spacial score (nSPS) is 11.8. The van der Waals surface area contributed by atoms with Gasteiger partial charge in [-0.05, 0) is 43.5 Å². The van der Waals surface area contributed by atoms with Crippen LogP contribution in [0.4, 0.5) is 4.39 Å². The molecule has 0 bridgehead atoms. The van der Waals surface area contributed by atoms with Crippen molar-refractivity contribution in [2.45, 2.75) is 46.2 Å². The summed E-state index contributed by atoms with van der Waals surface area (Å²) in [5.41, 5.74) is 2.10. The van der Waals surface area contributed by atoms with Gasteiger partial charge in [-0.3, -0.25) is 9.59 Å². The number of carbonyl (C=O) groups is 2.